The van der Waals surface area contributed by atoms with E-state index in [0.29, 0.717) is 24.9 Å². The van der Waals surface area contributed by atoms with Crippen LogP contribution in [0.1, 0.15) is 18.7 Å². The molecule has 0 aromatic carbocycles. The molecule has 0 atom stereocenters. The molecule has 0 saturated carbocycles. The number of rotatable bonds is 9. The third-order valence-electron chi connectivity index (χ3n) is 2.31. The van der Waals surface area contributed by atoms with Crippen LogP contribution in [0.25, 0.3) is 0 Å². The number of nitrogens with zero attached hydrogens (tertiary/aromatic N) is 2. The molecule has 18 heavy (non-hydrogen) atoms. The first-order chi connectivity index (χ1) is 8.72. The van der Waals surface area contributed by atoms with Crippen LogP contribution in [0.3, 0.4) is 0 Å². The molecule has 3 N–H and O–H groups in total. The number of aromatic nitrogens is 2. The quantitative estimate of drug-likeness (QED) is 0.645. The molecule has 0 amide bonds. The Labute approximate surface area is 108 Å². The Hall–Kier alpha value is -1.40. The molecular formula is C12H22N4O2. The highest BCUT2D eigenvalue weighted by atomic mass is 16.5. The molecular weight excluding hydrogens is 232 g/mol. The van der Waals surface area contributed by atoms with Crippen LogP contribution >= 0.6 is 0 Å². The Morgan fingerprint density at radius 3 is 2.78 bits per heavy atom. The summed E-state index contributed by atoms with van der Waals surface area (Å²) in [6.45, 7) is 4.74. The lowest BCUT2D eigenvalue weighted by Gasteiger charge is -2.07. The molecule has 6 heteroatoms. The van der Waals surface area contributed by atoms with Crippen LogP contribution in [0, 0.1) is 6.92 Å². The summed E-state index contributed by atoms with van der Waals surface area (Å²) in [4.78, 5) is 8.26. The van der Waals surface area contributed by atoms with Gasteiger partial charge >= 0.3 is 0 Å². The van der Waals surface area contributed by atoms with E-state index in [1.54, 1.807) is 13.2 Å². The SMILES string of the molecule is COCCOCCCCNc1cc(N)nc(C)n1. The molecule has 1 rings (SSSR count). The van der Waals surface area contributed by atoms with E-state index in [2.05, 4.69) is 15.3 Å². The molecule has 0 spiro atoms. The standard InChI is InChI=1S/C12H22N4O2/c1-10-15-11(13)9-12(16-10)14-5-3-4-6-18-8-7-17-2/h9H,3-8H2,1-2H3,(H3,13,14,15,16). The van der Waals surface area contributed by atoms with Crippen molar-refractivity contribution in [2.75, 3.05) is 44.5 Å². The van der Waals surface area contributed by atoms with Crippen molar-refractivity contribution < 1.29 is 9.47 Å². The van der Waals surface area contributed by atoms with E-state index in [4.69, 9.17) is 15.2 Å². The van der Waals surface area contributed by atoms with Gasteiger partial charge in [0.25, 0.3) is 0 Å². The summed E-state index contributed by atoms with van der Waals surface area (Å²) in [5.41, 5.74) is 5.63. The van der Waals surface area contributed by atoms with Crippen LogP contribution in [0.4, 0.5) is 11.6 Å². The van der Waals surface area contributed by atoms with Gasteiger partial charge in [-0.15, -0.1) is 0 Å². The van der Waals surface area contributed by atoms with Crippen molar-refractivity contribution in [1.82, 2.24) is 9.97 Å². The van der Waals surface area contributed by atoms with Crippen LogP contribution in [-0.2, 0) is 9.47 Å². The summed E-state index contributed by atoms with van der Waals surface area (Å²) < 4.78 is 10.3. The average molecular weight is 254 g/mol. The number of hydrogen-bond acceptors (Lipinski definition) is 6. The summed E-state index contributed by atoms with van der Waals surface area (Å²) in [6, 6.07) is 1.74. The normalized spacial score (nSPS) is 10.6. The summed E-state index contributed by atoms with van der Waals surface area (Å²) in [5.74, 6) is 1.95. The Kier molecular flexibility index (Phi) is 7.05. The van der Waals surface area contributed by atoms with Crippen molar-refractivity contribution in [1.29, 1.82) is 0 Å². The Balaban J connectivity index is 2.07. The zero-order valence-electron chi connectivity index (χ0n) is 11.1. The Morgan fingerprint density at radius 1 is 1.22 bits per heavy atom. The second-order valence-electron chi connectivity index (χ2n) is 3.96. The maximum Gasteiger partial charge on any atom is 0.131 e. The number of nitrogens with one attached hydrogen (secondary N) is 1. The first kappa shape index (κ1) is 14.7. The lowest BCUT2D eigenvalue weighted by Crippen LogP contribution is -2.08. The Morgan fingerprint density at radius 2 is 2.06 bits per heavy atom. The van der Waals surface area contributed by atoms with Crippen LogP contribution in [0.15, 0.2) is 6.07 Å². The molecule has 0 aliphatic carbocycles. The van der Waals surface area contributed by atoms with Gasteiger partial charge in [-0.05, 0) is 19.8 Å². The zero-order valence-corrected chi connectivity index (χ0v) is 11.1. The monoisotopic (exact) mass is 254 g/mol. The van der Waals surface area contributed by atoms with Crippen molar-refractivity contribution in [3.05, 3.63) is 11.9 Å². The van der Waals surface area contributed by atoms with E-state index < -0.39 is 0 Å². The van der Waals surface area contributed by atoms with Gasteiger partial charge < -0.3 is 20.5 Å². The lowest BCUT2D eigenvalue weighted by molar-refractivity contribution is 0.0691. The van der Waals surface area contributed by atoms with Gasteiger partial charge in [0.05, 0.1) is 13.2 Å². The van der Waals surface area contributed by atoms with E-state index in [1.807, 2.05) is 6.92 Å². The molecule has 1 aromatic heterocycles. The van der Waals surface area contributed by atoms with Gasteiger partial charge in [0.1, 0.15) is 17.5 Å². The largest absolute Gasteiger partial charge is 0.384 e. The smallest absolute Gasteiger partial charge is 0.131 e. The Bertz CT molecular complexity index is 327. The molecule has 1 aromatic rings. The predicted molar refractivity (Wildman–Crippen MR) is 71.6 cm³/mol. The fraction of sp³-hybridized carbons (Fsp3) is 0.667. The van der Waals surface area contributed by atoms with Crippen molar-refractivity contribution in [3.63, 3.8) is 0 Å². The van der Waals surface area contributed by atoms with Crippen molar-refractivity contribution in [2.24, 2.45) is 0 Å². The highest BCUT2D eigenvalue weighted by Gasteiger charge is 1.98. The first-order valence-electron chi connectivity index (χ1n) is 6.14. The molecule has 1 heterocycles. The molecule has 0 bridgehead atoms. The number of methoxy groups -OCH3 is 1. The van der Waals surface area contributed by atoms with Gasteiger partial charge in [-0.25, -0.2) is 9.97 Å². The molecule has 0 saturated heterocycles. The minimum atomic E-state index is 0.493. The molecule has 0 aliphatic heterocycles. The summed E-state index contributed by atoms with van der Waals surface area (Å²) in [6.07, 6.45) is 2.03. The first-order valence-corrected chi connectivity index (χ1v) is 6.14. The van der Waals surface area contributed by atoms with Gasteiger partial charge in [0.15, 0.2) is 0 Å². The average Bonchev–Trinajstić information content (AvgIpc) is 2.31. The third kappa shape index (κ3) is 6.36. The number of ether oxygens (including phenoxy) is 2. The number of hydrogen-bond donors (Lipinski definition) is 2. The number of aryl methyl sites for hydroxylation is 1. The predicted octanol–water partition coefficient (Wildman–Crippen LogP) is 1.22. The van der Waals surface area contributed by atoms with Crippen LogP contribution in [0.5, 0.6) is 0 Å². The van der Waals surface area contributed by atoms with Gasteiger partial charge in [-0.3, -0.25) is 0 Å². The number of nitrogen functional groups attached to an aromatic ring is 1. The molecule has 0 aliphatic rings. The molecule has 102 valence electrons. The van der Waals surface area contributed by atoms with E-state index in [9.17, 15) is 0 Å². The van der Waals surface area contributed by atoms with E-state index >= 15 is 0 Å². The van der Waals surface area contributed by atoms with Gasteiger partial charge in [-0.2, -0.15) is 0 Å². The summed E-state index contributed by atoms with van der Waals surface area (Å²) >= 11 is 0. The molecule has 0 unspecified atom stereocenters. The molecule has 0 radical (unpaired) electrons. The van der Waals surface area contributed by atoms with Crippen LogP contribution in [-0.4, -0.2) is 43.4 Å². The second kappa shape index (κ2) is 8.66. The van der Waals surface area contributed by atoms with E-state index in [1.165, 1.54) is 0 Å². The minimum Gasteiger partial charge on any atom is -0.384 e. The summed E-state index contributed by atoms with van der Waals surface area (Å²) in [5, 5.41) is 3.22. The topological polar surface area (TPSA) is 82.3 Å². The third-order valence-corrected chi connectivity index (χ3v) is 2.31. The van der Waals surface area contributed by atoms with E-state index in [0.717, 1.165) is 31.8 Å². The fourth-order valence-electron chi connectivity index (χ4n) is 1.47. The van der Waals surface area contributed by atoms with Crippen molar-refractivity contribution in [2.45, 2.75) is 19.8 Å². The van der Waals surface area contributed by atoms with Crippen molar-refractivity contribution in [3.8, 4) is 0 Å². The maximum atomic E-state index is 5.63. The molecule has 6 nitrogen and oxygen atoms in total. The minimum absolute atomic E-state index is 0.493. The van der Waals surface area contributed by atoms with Gasteiger partial charge in [0, 0.05) is 26.3 Å². The zero-order chi connectivity index (χ0) is 13.2. The van der Waals surface area contributed by atoms with Crippen molar-refractivity contribution >= 4 is 11.6 Å². The van der Waals surface area contributed by atoms with Crippen LogP contribution in [0.2, 0.25) is 0 Å². The fourth-order valence-corrected chi connectivity index (χ4v) is 1.47. The second-order valence-corrected chi connectivity index (χ2v) is 3.96. The summed E-state index contributed by atoms with van der Waals surface area (Å²) in [7, 11) is 1.67. The van der Waals surface area contributed by atoms with E-state index in [-0.39, 0.29) is 0 Å². The maximum absolute atomic E-state index is 5.63. The van der Waals surface area contributed by atoms with Gasteiger partial charge in [-0.1, -0.05) is 0 Å². The molecule has 0 fully saturated rings. The highest BCUT2D eigenvalue weighted by molar-refractivity contribution is 5.44. The number of nitrogens with two attached hydrogens (primary N) is 1. The van der Waals surface area contributed by atoms with Crippen LogP contribution < -0.4 is 11.1 Å². The number of unbranched alkanes of at least 4 members (excludes halogenated alkanes) is 1. The van der Waals surface area contributed by atoms with Gasteiger partial charge in [0.2, 0.25) is 0 Å². The highest BCUT2D eigenvalue weighted by Crippen LogP contribution is 2.07. The number of anilines is 2. The lowest BCUT2D eigenvalue weighted by atomic mass is 10.3.